The molecule has 1 aromatic heterocycles. The van der Waals surface area contributed by atoms with E-state index in [4.69, 9.17) is 4.74 Å². The number of carbonyl (C=O) groups excluding carboxylic acids is 2. The Hall–Kier alpha value is -2.76. The second kappa shape index (κ2) is 8.17. The van der Waals surface area contributed by atoms with E-state index in [1.54, 1.807) is 0 Å². The van der Waals surface area contributed by atoms with Crippen LogP contribution in [-0.2, 0) is 11.8 Å². The molecule has 4 rings (SSSR count). The van der Waals surface area contributed by atoms with Crippen LogP contribution in [0.25, 0.3) is 0 Å². The quantitative estimate of drug-likeness (QED) is 0.841. The first-order valence-corrected chi connectivity index (χ1v) is 10.8. The summed E-state index contributed by atoms with van der Waals surface area (Å²) >= 11 is 0. The number of amides is 2. The van der Waals surface area contributed by atoms with E-state index in [0.717, 1.165) is 30.6 Å². The van der Waals surface area contributed by atoms with E-state index in [2.05, 4.69) is 11.4 Å². The van der Waals surface area contributed by atoms with Crippen LogP contribution >= 0.6 is 0 Å². The number of para-hydroxylation sites is 1. The Labute approximate surface area is 178 Å². The van der Waals surface area contributed by atoms with Crippen molar-refractivity contribution in [3.05, 3.63) is 53.9 Å². The topological polar surface area (TPSA) is 63.6 Å². The lowest BCUT2D eigenvalue weighted by Gasteiger charge is -2.47. The van der Waals surface area contributed by atoms with Gasteiger partial charge in [-0.2, -0.15) is 0 Å². The van der Waals surface area contributed by atoms with Crippen LogP contribution in [0.1, 0.15) is 61.5 Å². The summed E-state index contributed by atoms with van der Waals surface area (Å²) in [6.07, 6.45) is 4.72. The number of hydrogen-bond donors (Lipinski definition) is 1. The molecule has 1 N–H and O–H groups in total. The number of nitrogens with zero attached hydrogens (tertiary/aromatic N) is 2. The highest BCUT2D eigenvalue weighted by molar-refractivity contribution is 5.92. The average Bonchev–Trinajstić information content (AvgIpc) is 3.13. The normalized spacial score (nSPS) is 20.0. The molecule has 1 spiro atoms. The van der Waals surface area contributed by atoms with Crippen molar-refractivity contribution < 1.29 is 14.3 Å². The van der Waals surface area contributed by atoms with E-state index in [9.17, 15) is 9.59 Å². The van der Waals surface area contributed by atoms with Gasteiger partial charge in [0.1, 0.15) is 17.0 Å². The predicted molar refractivity (Wildman–Crippen MR) is 116 cm³/mol. The highest BCUT2D eigenvalue weighted by atomic mass is 16.5. The molecule has 0 radical (unpaired) electrons. The number of aryl methyl sites for hydroxylation is 1. The van der Waals surface area contributed by atoms with Crippen LogP contribution in [0.2, 0.25) is 0 Å². The van der Waals surface area contributed by atoms with Gasteiger partial charge in [-0.1, -0.05) is 18.2 Å². The van der Waals surface area contributed by atoms with Crippen LogP contribution in [0, 0.1) is 0 Å². The van der Waals surface area contributed by atoms with Gasteiger partial charge in [0, 0.05) is 57.6 Å². The number of rotatable bonds is 4. The van der Waals surface area contributed by atoms with Crippen molar-refractivity contribution >= 4 is 11.8 Å². The highest BCUT2D eigenvalue weighted by Crippen LogP contribution is 2.46. The van der Waals surface area contributed by atoms with E-state index >= 15 is 0 Å². The Kier molecular flexibility index (Phi) is 5.58. The molecule has 2 aromatic rings. The smallest absolute Gasteiger partial charge is 0.270 e. The number of hydrogen-bond acceptors (Lipinski definition) is 3. The minimum absolute atomic E-state index is 0.0708. The number of piperidine rings is 1. The summed E-state index contributed by atoms with van der Waals surface area (Å²) in [6.45, 7) is 5.29. The Balaban J connectivity index is 1.49. The Bertz CT molecular complexity index is 925. The van der Waals surface area contributed by atoms with Gasteiger partial charge >= 0.3 is 0 Å². The molecular weight excluding hydrogens is 378 g/mol. The summed E-state index contributed by atoms with van der Waals surface area (Å²) in [5.74, 6) is 1.16. The molecule has 0 aliphatic carbocycles. The second-order valence-corrected chi connectivity index (χ2v) is 8.95. The third-order valence-corrected chi connectivity index (χ3v) is 6.31. The van der Waals surface area contributed by atoms with Gasteiger partial charge in [-0.15, -0.1) is 0 Å². The second-order valence-electron chi connectivity index (χ2n) is 8.95. The maximum absolute atomic E-state index is 12.9. The molecular formula is C24H31N3O3. The summed E-state index contributed by atoms with van der Waals surface area (Å²) in [4.78, 5) is 27.3. The Morgan fingerprint density at radius 1 is 1.17 bits per heavy atom. The van der Waals surface area contributed by atoms with E-state index < -0.39 is 0 Å². The number of likely N-dealkylation sites (tertiary alicyclic amines) is 1. The zero-order valence-electron chi connectivity index (χ0n) is 18.1. The molecule has 1 aromatic carbocycles. The van der Waals surface area contributed by atoms with Crippen LogP contribution in [0.5, 0.6) is 5.75 Å². The first-order valence-electron chi connectivity index (χ1n) is 10.8. The standard InChI is InChI=1S/C24H31N3O3/c1-17(2)25-22(28)15-18-16-24(30-21-9-5-4-7-19(18)21)10-13-27(14-11-24)23(29)20-8-6-12-26(20)3/h4-9,12,17-18H,10-11,13-16H2,1-3H3,(H,25,28)/t18-/m0/s1. The van der Waals surface area contributed by atoms with Crippen LogP contribution < -0.4 is 10.1 Å². The molecule has 0 saturated carbocycles. The molecule has 2 aliphatic rings. The van der Waals surface area contributed by atoms with E-state index in [1.807, 2.05) is 66.9 Å². The highest BCUT2D eigenvalue weighted by Gasteiger charge is 2.44. The van der Waals surface area contributed by atoms with Gasteiger partial charge in [-0.3, -0.25) is 9.59 Å². The van der Waals surface area contributed by atoms with Crippen LogP contribution in [0.4, 0.5) is 0 Å². The lowest BCUT2D eigenvalue weighted by molar-refractivity contribution is -0.122. The summed E-state index contributed by atoms with van der Waals surface area (Å²) in [5.41, 5.74) is 1.51. The molecule has 0 unspecified atom stereocenters. The van der Waals surface area contributed by atoms with Crippen molar-refractivity contribution in [3.63, 3.8) is 0 Å². The van der Waals surface area contributed by atoms with E-state index in [1.165, 1.54) is 0 Å². The minimum atomic E-state index is -0.317. The summed E-state index contributed by atoms with van der Waals surface area (Å²) in [6, 6.07) is 12.0. The Morgan fingerprint density at radius 3 is 2.57 bits per heavy atom. The molecule has 1 fully saturated rings. The molecule has 160 valence electrons. The number of nitrogens with one attached hydrogen (secondary N) is 1. The van der Waals surface area contributed by atoms with E-state index in [-0.39, 0.29) is 29.4 Å². The third kappa shape index (κ3) is 4.09. The fraction of sp³-hybridized carbons (Fsp3) is 0.500. The molecule has 0 bridgehead atoms. The zero-order valence-corrected chi connectivity index (χ0v) is 18.1. The van der Waals surface area contributed by atoms with Crippen LogP contribution in [0.15, 0.2) is 42.6 Å². The molecule has 3 heterocycles. The predicted octanol–water partition coefficient (Wildman–Crippen LogP) is 3.48. The van der Waals surface area contributed by atoms with Crippen molar-refractivity contribution in [2.24, 2.45) is 7.05 Å². The first kappa shape index (κ1) is 20.5. The lowest BCUT2D eigenvalue weighted by Crippen LogP contribution is -2.52. The molecule has 1 saturated heterocycles. The van der Waals surface area contributed by atoms with Gasteiger partial charge < -0.3 is 19.5 Å². The number of fused-ring (bicyclic) bond motifs is 1. The number of aromatic nitrogens is 1. The SMILES string of the molecule is CC(C)NC(=O)C[C@H]1CC2(CCN(C(=O)c3cccn3C)CC2)Oc2ccccc21. The van der Waals surface area contributed by atoms with Gasteiger partial charge in [0.2, 0.25) is 5.91 Å². The average molecular weight is 410 g/mol. The first-order chi connectivity index (χ1) is 14.4. The van der Waals surface area contributed by atoms with E-state index in [0.29, 0.717) is 25.2 Å². The maximum Gasteiger partial charge on any atom is 0.270 e. The lowest BCUT2D eigenvalue weighted by atomic mass is 9.76. The van der Waals surface area contributed by atoms with Crippen molar-refractivity contribution in [2.75, 3.05) is 13.1 Å². The van der Waals surface area contributed by atoms with Crippen LogP contribution in [0.3, 0.4) is 0 Å². The number of ether oxygens (including phenoxy) is 1. The fourth-order valence-corrected chi connectivity index (χ4v) is 4.80. The largest absolute Gasteiger partial charge is 0.487 e. The van der Waals surface area contributed by atoms with Gasteiger partial charge in [0.25, 0.3) is 5.91 Å². The summed E-state index contributed by atoms with van der Waals surface area (Å²) in [7, 11) is 1.90. The van der Waals surface area contributed by atoms with Crippen molar-refractivity contribution in [3.8, 4) is 5.75 Å². The van der Waals surface area contributed by atoms with Crippen molar-refractivity contribution in [1.82, 2.24) is 14.8 Å². The van der Waals surface area contributed by atoms with Crippen molar-refractivity contribution in [2.45, 2.75) is 57.1 Å². The van der Waals surface area contributed by atoms with Gasteiger partial charge in [0.15, 0.2) is 0 Å². The molecule has 2 aliphatic heterocycles. The van der Waals surface area contributed by atoms with Gasteiger partial charge in [-0.25, -0.2) is 0 Å². The third-order valence-electron chi connectivity index (χ3n) is 6.31. The minimum Gasteiger partial charge on any atom is -0.487 e. The molecule has 6 heteroatoms. The van der Waals surface area contributed by atoms with Gasteiger partial charge in [-0.05, 0) is 44.0 Å². The van der Waals surface area contributed by atoms with Crippen molar-refractivity contribution in [1.29, 1.82) is 0 Å². The number of benzene rings is 1. The maximum atomic E-state index is 12.9. The zero-order chi connectivity index (χ0) is 21.3. The summed E-state index contributed by atoms with van der Waals surface area (Å²) < 4.78 is 8.39. The molecule has 6 nitrogen and oxygen atoms in total. The molecule has 1 atom stereocenters. The monoisotopic (exact) mass is 409 g/mol. The van der Waals surface area contributed by atoms with Crippen LogP contribution in [-0.4, -0.2) is 46.0 Å². The van der Waals surface area contributed by atoms with Gasteiger partial charge in [0.05, 0.1) is 0 Å². The Morgan fingerprint density at radius 2 is 1.90 bits per heavy atom. The number of carbonyl (C=O) groups is 2. The molecule has 30 heavy (non-hydrogen) atoms. The summed E-state index contributed by atoms with van der Waals surface area (Å²) in [5, 5.41) is 3.02. The molecule has 2 amide bonds. The fourth-order valence-electron chi connectivity index (χ4n) is 4.80.